The molecule has 0 atom stereocenters. The molecule has 1 aromatic rings. The molecule has 3 nitrogen and oxygen atoms in total. The van der Waals surface area contributed by atoms with Gasteiger partial charge in [0.15, 0.2) is 0 Å². The van der Waals surface area contributed by atoms with Crippen LogP contribution in [-0.2, 0) is 9.47 Å². The van der Waals surface area contributed by atoms with Crippen molar-refractivity contribution in [2.75, 3.05) is 33.0 Å². The van der Waals surface area contributed by atoms with Crippen LogP contribution in [0, 0.1) is 0 Å². The number of hydrogen-bond donors (Lipinski definition) is 1. The Kier molecular flexibility index (Phi) is 6.65. The maximum Gasteiger partial charge on any atom is 0.0651 e. The zero-order chi connectivity index (χ0) is 13.2. The van der Waals surface area contributed by atoms with Gasteiger partial charge in [-0.2, -0.15) is 0 Å². The van der Waals surface area contributed by atoms with E-state index in [-0.39, 0.29) is 0 Å². The summed E-state index contributed by atoms with van der Waals surface area (Å²) in [5, 5.41) is 3.50. The molecule has 19 heavy (non-hydrogen) atoms. The van der Waals surface area contributed by atoms with Gasteiger partial charge in [-0.15, -0.1) is 0 Å². The van der Waals surface area contributed by atoms with Gasteiger partial charge < -0.3 is 14.8 Å². The Morgan fingerprint density at radius 2 is 2.00 bits per heavy atom. The molecule has 3 heteroatoms. The lowest BCUT2D eigenvalue weighted by Gasteiger charge is -2.23. The summed E-state index contributed by atoms with van der Waals surface area (Å²) in [5.74, 6) is 0. The summed E-state index contributed by atoms with van der Waals surface area (Å²) in [4.78, 5) is 0. The topological polar surface area (TPSA) is 30.5 Å². The summed E-state index contributed by atoms with van der Waals surface area (Å²) in [5.41, 5.74) is 1.21. The zero-order valence-electron chi connectivity index (χ0n) is 11.4. The van der Waals surface area contributed by atoms with Crippen molar-refractivity contribution in [1.82, 2.24) is 5.32 Å². The van der Waals surface area contributed by atoms with Crippen LogP contribution in [0.4, 0.5) is 0 Å². The van der Waals surface area contributed by atoms with Crippen LogP contribution in [0.1, 0.15) is 18.4 Å². The summed E-state index contributed by atoms with van der Waals surface area (Å²) >= 11 is 0. The highest BCUT2D eigenvalue weighted by Crippen LogP contribution is 2.05. The maximum absolute atomic E-state index is 5.57. The van der Waals surface area contributed by atoms with Crippen LogP contribution in [0.5, 0.6) is 0 Å². The van der Waals surface area contributed by atoms with Gasteiger partial charge in [0.05, 0.1) is 13.2 Å². The highest BCUT2D eigenvalue weighted by atomic mass is 16.5. The van der Waals surface area contributed by atoms with Gasteiger partial charge in [0, 0.05) is 25.8 Å². The second-order valence-electron chi connectivity index (χ2n) is 4.73. The van der Waals surface area contributed by atoms with Gasteiger partial charge in [-0.3, -0.25) is 0 Å². The van der Waals surface area contributed by atoms with Gasteiger partial charge >= 0.3 is 0 Å². The molecule has 0 bridgehead atoms. The fraction of sp³-hybridized carbons (Fsp3) is 0.500. The van der Waals surface area contributed by atoms with Crippen LogP contribution in [0.3, 0.4) is 0 Å². The van der Waals surface area contributed by atoms with Gasteiger partial charge in [0.2, 0.25) is 0 Å². The van der Waals surface area contributed by atoms with E-state index in [1.807, 2.05) is 18.2 Å². The first-order valence-corrected chi connectivity index (χ1v) is 7.05. The Morgan fingerprint density at radius 3 is 2.79 bits per heavy atom. The molecule has 0 radical (unpaired) electrons. The van der Waals surface area contributed by atoms with Crippen molar-refractivity contribution in [3.05, 3.63) is 42.0 Å². The lowest BCUT2D eigenvalue weighted by Crippen LogP contribution is -2.36. The minimum atomic E-state index is 0.609. The summed E-state index contributed by atoms with van der Waals surface area (Å²) in [6, 6.07) is 10.9. The summed E-state index contributed by atoms with van der Waals surface area (Å²) in [7, 11) is 0. The Labute approximate surface area is 115 Å². The largest absolute Gasteiger partial charge is 0.381 e. The molecule has 0 amide bonds. The van der Waals surface area contributed by atoms with Crippen molar-refractivity contribution < 1.29 is 9.47 Å². The minimum Gasteiger partial charge on any atom is -0.381 e. The average Bonchev–Trinajstić information content (AvgIpc) is 2.48. The SMILES string of the molecule is C(=Cc1ccccc1)COCCNC1CCOCC1. The summed E-state index contributed by atoms with van der Waals surface area (Å²) < 4.78 is 10.9. The lowest BCUT2D eigenvalue weighted by atomic mass is 10.1. The molecular formula is C16H23NO2. The first-order valence-electron chi connectivity index (χ1n) is 7.05. The predicted octanol–water partition coefficient (Wildman–Crippen LogP) is 2.49. The van der Waals surface area contributed by atoms with Crippen LogP contribution in [0.2, 0.25) is 0 Å². The molecule has 1 aliphatic rings. The molecule has 0 unspecified atom stereocenters. The molecule has 1 N–H and O–H groups in total. The van der Waals surface area contributed by atoms with Gasteiger partial charge in [-0.05, 0) is 18.4 Å². The Hall–Kier alpha value is -1.16. The maximum atomic E-state index is 5.57. The molecule has 1 aromatic carbocycles. The minimum absolute atomic E-state index is 0.609. The van der Waals surface area contributed by atoms with E-state index in [2.05, 4.69) is 29.6 Å². The van der Waals surface area contributed by atoms with Crippen molar-refractivity contribution in [3.8, 4) is 0 Å². The first-order chi connectivity index (χ1) is 9.45. The Balaban J connectivity index is 1.49. The van der Waals surface area contributed by atoms with Crippen molar-refractivity contribution in [2.45, 2.75) is 18.9 Å². The van der Waals surface area contributed by atoms with Gasteiger partial charge in [-0.1, -0.05) is 42.5 Å². The van der Waals surface area contributed by atoms with E-state index in [1.54, 1.807) is 0 Å². The standard InChI is InChI=1S/C16H23NO2/c1-2-5-15(6-3-1)7-4-11-18-14-10-17-16-8-12-19-13-9-16/h1-7,16-17H,8-14H2. The first kappa shape index (κ1) is 14.3. The molecule has 1 saturated heterocycles. The lowest BCUT2D eigenvalue weighted by molar-refractivity contribution is 0.0744. The van der Waals surface area contributed by atoms with Crippen molar-refractivity contribution >= 4 is 6.08 Å². The van der Waals surface area contributed by atoms with E-state index < -0.39 is 0 Å². The van der Waals surface area contributed by atoms with Crippen LogP contribution in [0.25, 0.3) is 6.08 Å². The van der Waals surface area contributed by atoms with E-state index in [9.17, 15) is 0 Å². The number of rotatable bonds is 7. The Bertz CT molecular complexity index is 358. The van der Waals surface area contributed by atoms with Gasteiger partial charge in [-0.25, -0.2) is 0 Å². The Morgan fingerprint density at radius 1 is 1.21 bits per heavy atom. The number of nitrogens with one attached hydrogen (secondary N) is 1. The van der Waals surface area contributed by atoms with E-state index in [0.717, 1.165) is 39.2 Å². The fourth-order valence-corrected chi connectivity index (χ4v) is 2.14. The quantitative estimate of drug-likeness (QED) is 0.765. The van der Waals surface area contributed by atoms with Gasteiger partial charge in [0.1, 0.15) is 0 Å². The molecule has 0 spiro atoms. The molecule has 1 heterocycles. The molecule has 0 aromatic heterocycles. The van der Waals surface area contributed by atoms with Crippen molar-refractivity contribution in [3.63, 3.8) is 0 Å². The van der Waals surface area contributed by atoms with Crippen molar-refractivity contribution in [1.29, 1.82) is 0 Å². The number of benzene rings is 1. The highest BCUT2D eigenvalue weighted by Gasteiger charge is 2.11. The fourth-order valence-electron chi connectivity index (χ4n) is 2.14. The number of ether oxygens (including phenoxy) is 2. The van der Waals surface area contributed by atoms with E-state index in [1.165, 1.54) is 5.56 Å². The second kappa shape index (κ2) is 8.86. The molecule has 1 aliphatic heterocycles. The average molecular weight is 261 g/mol. The summed E-state index contributed by atoms with van der Waals surface area (Å²) in [6.45, 7) is 4.13. The van der Waals surface area contributed by atoms with Crippen molar-refractivity contribution in [2.24, 2.45) is 0 Å². The van der Waals surface area contributed by atoms with Crippen LogP contribution < -0.4 is 5.32 Å². The van der Waals surface area contributed by atoms with E-state index in [0.29, 0.717) is 12.6 Å². The van der Waals surface area contributed by atoms with Gasteiger partial charge in [0.25, 0.3) is 0 Å². The van der Waals surface area contributed by atoms with Crippen LogP contribution in [-0.4, -0.2) is 39.0 Å². The molecule has 1 fully saturated rings. The van der Waals surface area contributed by atoms with Crippen LogP contribution >= 0.6 is 0 Å². The molecule has 0 saturated carbocycles. The highest BCUT2D eigenvalue weighted by molar-refractivity contribution is 5.48. The third-order valence-corrected chi connectivity index (χ3v) is 3.22. The van der Waals surface area contributed by atoms with E-state index in [4.69, 9.17) is 9.47 Å². The zero-order valence-corrected chi connectivity index (χ0v) is 11.4. The smallest absolute Gasteiger partial charge is 0.0651 e. The third kappa shape index (κ3) is 6.01. The molecule has 0 aliphatic carbocycles. The molecular weight excluding hydrogens is 238 g/mol. The third-order valence-electron chi connectivity index (χ3n) is 3.22. The van der Waals surface area contributed by atoms with Crippen LogP contribution in [0.15, 0.2) is 36.4 Å². The molecule has 2 rings (SSSR count). The normalized spacial score (nSPS) is 17.1. The summed E-state index contributed by atoms with van der Waals surface area (Å²) in [6.07, 6.45) is 6.39. The van der Waals surface area contributed by atoms with E-state index >= 15 is 0 Å². The monoisotopic (exact) mass is 261 g/mol. The second-order valence-corrected chi connectivity index (χ2v) is 4.73. The number of hydrogen-bond acceptors (Lipinski definition) is 3. The predicted molar refractivity (Wildman–Crippen MR) is 78.1 cm³/mol. The molecule has 104 valence electrons.